The van der Waals surface area contributed by atoms with Crippen LogP contribution in [0.15, 0.2) is 12.2 Å². The molecule has 0 rings (SSSR count). The number of ether oxygens (including phenoxy) is 1. The van der Waals surface area contributed by atoms with Crippen LogP contribution in [0.2, 0.25) is 0 Å². The minimum absolute atomic E-state index is 0.128. The maximum atomic E-state index is 11.7. The molecule has 0 aromatic carbocycles. The summed E-state index contributed by atoms with van der Waals surface area (Å²) in [6.45, 7) is 2.85. The molecular weight excluding hydrogens is 378 g/mol. The van der Waals surface area contributed by atoms with E-state index in [9.17, 15) is 13.2 Å². The minimum atomic E-state index is -4.54. The average molecular weight is 420 g/mol. The zero-order valence-electron chi connectivity index (χ0n) is 17.8. The van der Waals surface area contributed by atoms with Crippen molar-refractivity contribution in [3.8, 4) is 0 Å². The third kappa shape index (κ3) is 13.3. The molecule has 0 amide bonds. The van der Waals surface area contributed by atoms with Gasteiger partial charge in [-0.3, -0.25) is 9.35 Å². The zero-order valence-corrected chi connectivity index (χ0v) is 18.6. The molecule has 0 aromatic heterocycles. The van der Waals surface area contributed by atoms with Gasteiger partial charge in [0.1, 0.15) is 0 Å². The van der Waals surface area contributed by atoms with Crippen molar-refractivity contribution >= 4 is 16.1 Å². The molecule has 0 heterocycles. The Balaban J connectivity index is 3.59. The van der Waals surface area contributed by atoms with Gasteiger partial charge in [0.15, 0.2) is 0 Å². The van der Waals surface area contributed by atoms with E-state index in [2.05, 4.69) is 19.1 Å². The molecule has 0 aromatic rings. The number of allylic oxidation sites excluding steroid dienone is 2. The number of hydrogen-bond donors (Lipinski definition) is 2. The highest BCUT2D eigenvalue weighted by atomic mass is 32.2. The van der Waals surface area contributed by atoms with Gasteiger partial charge in [-0.15, -0.1) is 0 Å². The van der Waals surface area contributed by atoms with E-state index in [1.54, 1.807) is 0 Å². The lowest BCUT2D eigenvalue weighted by atomic mass is 10.1. The number of hydrogen-bond acceptors (Lipinski definition) is 5. The van der Waals surface area contributed by atoms with Crippen molar-refractivity contribution in [2.45, 2.75) is 109 Å². The van der Waals surface area contributed by atoms with E-state index in [-0.39, 0.29) is 6.42 Å². The predicted octanol–water partition coefficient (Wildman–Crippen LogP) is 5.13. The summed E-state index contributed by atoms with van der Waals surface area (Å²) in [5, 5.41) is 0. The molecule has 0 bridgehead atoms. The number of nitrogens with two attached hydrogens (primary N) is 1. The topological polar surface area (TPSA) is 107 Å². The van der Waals surface area contributed by atoms with Gasteiger partial charge in [0.25, 0.3) is 0 Å². The van der Waals surface area contributed by atoms with Crippen LogP contribution in [0, 0.1) is 0 Å². The van der Waals surface area contributed by atoms with Crippen molar-refractivity contribution in [2.24, 2.45) is 5.73 Å². The summed E-state index contributed by atoms with van der Waals surface area (Å²) < 4.78 is 36.4. The van der Waals surface area contributed by atoms with Crippen LogP contribution in [-0.4, -0.2) is 30.4 Å². The van der Waals surface area contributed by atoms with Gasteiger partial charge in [-0.1, -0.05) is 70.4 Å². The van der Waals surface area contributed by atoms with Gasteiger partial charge < -0.3 is 10.5 Å². The molecule has 0 radical (unpaired) electrons. The van der Waals surface area contributed by atoms with E-state index < -0.39 is 27.6 Å². The van der Waals surface area contributed by atoms with Crippen molar-refractivity contribution in [3.05, 3.63) is 12.2 Å². The van der Waals surface area contributed by atoms with Crippen LogP contribution in [-0.2, 0) is 19.6 Å². The summed E-state index contributed by atoms with van der Waals surface area (Å²) in [6.07, 6.45) is 19.8. The number of carbonyl (C=O) groups is 1. The number of esters is 1. The Labute approximate surface area is 172 Å². The number of rotatable bonds is 18. The lowest BCUT2D eigenvalue weighted by Gasteiger charge is -2.24. The third-order valence-electron chi connectivity index (χ3n) is 4.89. The highest BCUT2D eigenvalue weighted by Crippen LogP contribution is 2.18. The van der Waals surface area contributed by atoms with Gasteiger partial charge in [-0.25, -0.2) is 0 Å². The maximum absolute atomic E-state index is 11.7. The van der Waals surface area contributed by atoms with Gasteiger partial charge in [-0.05, 0) is 39.0 Å². The molecule has 1 unspecified atom stereocenters. The van der Waals surface area contributed by atoms with E-state index in [1.165, 1.54) is 44.9 Å². The van der Waals surface area contributed by atoms with E-state index in [0.29, 0.717) is 6.42 Å². The molecule has 0 saturated heterocycles. The lowest BCUT2D eigenvalue weighted by molar-refractivity contribution is -0.151. The minimum Gasteiger partial charge on any atom is -0.439 e. The molecule has 0 spiro atoms. The Kier molecular flexibility index (Phi) is 15.4. The van der Waals surface area contributed by atoms with Crippen LogP contribution in [0.1, 0.15) is 104 Å². The van der Waals surface area contributed by atoms with Gasteiger partial charge in [0.2, 0.25) is 4.93 Å². The quantitative estimate of drug-likeness (QED) is 0.138. The molecule has 0 aliphatic heterocycles. The Hall–Kier alpha value is -0.920. The van der Waals surface area contributed by atoms with Crippen molar-refractivity contribution in [1.82, 2.24) is 0 Å². The first-order valence-corrected chi connectivity index (χ1v) is 12.2. The molecule has 1 atom stereocenters. The summed E-state index contributed by atoms with van der Waals surface area (Å²) in [7, 11) is -4.54. The lowest BCUT2D eigenvalue weighted by Crippen LogP contribution is -2.46. The second kappa shape index (κ2) is 15.9. The van der Waals surface area contributed by atoms with Gasteiger partial charge in [-0.2, -0.15) is 8.42 Å². The van der Waals surface area contributed by atoms with Gasteiger partial charge in [0.05, 0.1) is 0 Å². The van der Waals surface area contributed by atoms with Crippen molar-refractivity contribution in [1.29, 1.82) is 0 Å². The molecule has 28 heavy (non-hydrogen) atoms. The van der Waals surface area contributed by atoms with Gasteiger partial charge >= 0.3 is 16.1 Å². The van der Waals surface area contributed by atoms with E-state index in [4.69, 9.17) is 15.0 Å². The van der Waals surface area contributed by atoms with Crippen LogP contribution in [0.4, 0.5) is 0 Å². The van der Waals surface area contributed by atoms with E-state index in [1.807, 2.05) is 0 Å². The Bertz CT molecular complexity index is 533. The fraction of sp³-hybridized carbons (Fsp3) is 0.857. The molecule has 0 aliphatic carbocycles. The first-order chi connectivity index (χ1) is 13.3. The van der Waals surface area contributed by atoms with Crippen molar-refractivity contribution in [3.63, 3.8) is 0 Å². The predicted molar refractivity (Wildman–Crippen MR) is 115 cm³/mol. The van der Waals surface area contributed by atoms with Crippen LogP contribution in [0.25, 0.3) is 0 Å². The summed E-state index contributed by atoms with van der Waals surface area (Å²) in [5.41, 5.74) is 5.31. The SMILES string of the molecule is CCCCCCCC/C=C\CCCCCCCC(=O)OC(C)(CN)S(=O)(=O)O. The van der Waals surface area contributed by atoms with Crippen LogP contribution in [0.5, 0.6) is 0 Å². The highest BCUT2D eigenvalue weighted by molar-refractivity contribution is 7.87. The van der Waals surface area contributed by atoms with Crippen LogP contribution >= 0.6 is 0 Å². The standard InChI is InChI=1S/C21H41NO5S/c1-3-4-5-6-7-8-9-10-11-12-13-14-15-16-17-18-20(23)27-21(2,19-22)28(24,25)26/h10-11H,3-9,12-19,22H2,1-2H3,(H,24,25,26)/b11-10-. The molecule has 0 aliphatic rings. The zero-order chi connectivity index (χ0) is 21.3. The Morgan fingerprint density at radius 3 is 1.86 bits per heavy atom. The molecule has 3 N–H and O–H groups in total. The maximum Gasteiger partial charge on any atom is 0.307 e. The number of carbonyl (C=O) groups excluding carboxylic acids is 1. The average Bonchev–Trinajstić information content (AvgIpc) is 2.63. The largest absolute Gasteiger partial charge is 0.439 e. The second-order valence-electron chi connectivity index (χ2n) is 7.62. The number of unbranched alkanes of at least 4 members (excludes halogenated alkanes) is 11. The normalized spacial score (nSPS) is 14.3. The smallest absolute Gasteiger partial charge is 0.307 e. The fourth-order valence-electron chi connectivity index (χ4n) is 2.83. The third-order valence-corrected chi connectivity index (χ3v) is 6.23. The summed E-state index contributed by atoms with van der Waals surface area (Å²) in [6, 6.07) is 0. The van der Waals surface area contributed by atoms with Crippen LogP contribution in [0.3, 0.4) is 0 Å². The monoisotopic (exact) mass is 419 g/mol. The molecule has 6 nitrogen and oxygen atoms in total. The fourth-order valence-corrected chi connectivity index (χ4v) is 3.24. The Morgan fingerprint density at radius 2 is 1.39 bits per heavy atom. The molecule has 7 heteroatoms. The summed E-state index contributed by atoms with van der Waals surface area (Å²) >= 11 is 0. The molecule has 0 saturated carbocycles. The van der Waals surface area contributed by atoms with Crippen molar-refractivity contribution in [2.75, 3.05) is 6.54 Å². The van der Waals surface area contributed by atoms with Crippen LogP contribution < -0.4 is 5.73 Å². The molecule has 0 fully saturated rings. The summed E-state index contributed by atoms with van der Waals surface area (Å²) in [5.74, 6) is -0.650. The second-order valence-corrected chi connectivity index (χ2v) is 9.44. The molecule has 166 valence electrons. The van der Waals surface area contributed by atoms with E-state index >= 15 is 0 Å². The first-order valence-electron chi connectivity index (χ1n) is 10.8. The van der Waals surface area contributed by atoms with Gasteiger partial charge in [0, 0.05) is 13.0 Å². The highest BCUT2D eigenvalue weighted by Gasteiger charge is 2.40. The first kappa shape index (κ1) is 27.1. The van der Waals surface area contributed by atoms with Crippen molar-refractivity contribution < 1.29 is 22.5 Å². The van der Waals surface area contributed by atoms with E-state index in [0.717, 1.165) is 39.0 Å². The Morgan fingerprint density at radius 1 is 0.929 bits per heavy atom. The molecular formula is C21H41NO5S. The summed E-state index contributed by atoms with van der Waals surface area (Å²) in [4.78, 5) is 9.67.